The van der Waals surface area contributed by atoms with Crippen LogP contribution in [-0.4, -0.2) is 24.8 Å². The number of nitrogens with one attached hydrogen (secondary N) is 1. The van der Waals surface area contributed by atoms with E-state index in [9.17, 15) is 9.59 Å². The zero-order valence-corrected chi connectivity index (χ0v) is 10.9. The monoisotopic (exact) mass is 249 g/mol. The fraction of sp³-hybridized carbons (Fsp3) is 0.429. The molecule has 1 aromatic carbocycles. The van der Waals surface area contributed by atoms with E-state index >= 15 is 0 Å². The number of amides is 1. The highest BCUT2D eigenvalue weighted by Crippen LogP contribution is 2.13. The van der Waals surface area contributed by atoms with Crippen molar-refractivity contribution in [3.8, 4) is 5.75 Å². The van der Waals surface area contributed by atoms with Crippen molar-refractivity contribution in [3.63, 3.8) is 0 Å². The van der Waals surface area contributed by atoms with E-state index < -0.39 is 0 Å². The second kappa shape index (κ2) is 7.48. The second-order valence-corrected chi connectivity index (χ2v) is 3.83. The van der Waals surface area contributed by atoms with Crippen molar-refractivity contribution in [3.05, 3.63) is 29.8 Å². The van der Waals surface area contributed by atoms with Crippen LogP contribution in [0.15, 0.2) is 24.3 Å². The minimum absolute atomic E-state index is 0.0238. The Morgan fingerprint density at radius 1 is 1.11 bits per heavy atom. The van der Waals surface area contributed by atoms with Crippen LogP contribution in [0.5, 0.6) is 5.75 Å². The number of benzene rings is 1. The van der Waals surface area contributed by atoms with E-state index in [4.69, 9.17) is 4.74 Å². The maximum absolute atomic E-state index is 11.8. The standard InChI is InChI=1S/C14H19NO3/c1-3-15-14(17)10-9-13(16)11-5-7-12(8-6-11)18-4-2/h5-8H,3-4,9-10H2,1-2H3,(H,15,17). The molecule has 0 saturated carbocycles. The first-order valence-electron chi connectivity index (χ1n) is 6.20. The highest BCUT2D eigenvalue weighted by Gasteiger charge is 2.08. The Kier molecular flexibility index (Phi) is 5.91. The summed E-state index contributed by atoms with van der Waals surface area (Å²) in [4.78, 5) is 23.0. The SMILES string of the molecule is CCNC(=O)CCC(=O)c1ccc(OCC)cc1. The zero-order chi connectivity index (χ0) is 13.4. The third-order valence-corrected chi connectivity index (χ3v) is 2.44. The van der Waals surface area contributed by atoms with Crippen molar-refractivity contribution in [1.82, 2.24) is 5.32 Å². The van der Waals surface area contributed by atoms with Crippen molar-refractivity contribution < 1.29 is 14.3 Å². The Balaban J connectivity index is 2.48. The van der Waals surface area contributed by atoms with E-state index in [-0.39, 0.29) is 24.5 Å². The van der Waals surface area contributed by atoms with Crippen molar-refractivity contribution >= 4 is 11.7 Å². The first-order chi connectivity index (χ1) is 8.67. The summed E-state index contributed by atoms with van der Waals surface area (Å²) in [6, 6.07) is 6.99. The van der Waals surface area contributed by atoms with E-state index in [2.05, 4.69) is 5.32 Å². The summed E-state index contributed by atoms with van der Waals surface area (Å²) in [6.07, 6.45) is 0.472. The van der Waals surface area contributed by atoms with Gasteiger partial charge >= 0.3 is 0 Å². The average Bonchev–Trinajstić information content (AvgIpc) is 2.37. The quantitative estimate of drug-likeness (QED) is 0.754. The van der Waals surface area contributed by atoms with Crippen molar-refractivity contribution in [2.45, 2.75) is 26.7 Å². The van der Waals surface area contributed by atoms with Crippen molar-refractivity contribution in [2.75, 3.05) is 13.2 Å². The molecule has 18 heavy (non-hydrogen) atoms. The molecule has 4 nitrogen and oxygen atoms in total. The van der Waals surface area contributed by atoms with Crippen LogP contribution in [0.25, 0.3) is 0 Å². The summed E-state index contributed by atoms with van der Waals surface area (Å²) < 4.78 is 5.30. The third-order valence-electron chi connectivity index (χ3n) is 2.44. The molecule has 1 N–H and O–H groups in total. The number of ether oxygens (including phenoxy) is 1. The molecule has 0 aliphatic rings. The van der Waals surface area contributed by atoms with Gasteiger partial charge in [-0.15, -0.1) is 0 Å². The van der Waals surface area contributed by atoms with Gasteiger partial charge in [0.05, 0.1) is 6.61 Å². The maximum atomic E-state index is 11.8. The van der Waals surface area contributed by atoms with Gasteiger partial charge in [-0.3, -0.25) is 9.59 Å². The van der Waals surface area contributed by atoms with Crippen molar-refractivity contribution in [1.29, 1.82) is 0 Å². The molecule has 0 bridgehead atoms. The predicted octanol–water partition coefficient (Wildman–Crippen LogP) is 2.18. The van der Waals surface area contributed by atoms with Gasteiger partial charge < -0.3 is 10.1 Å². The van der Waals surface area contributed by atoms with E-state index in [1.54, 1.807) is 24.3 Å². The highest BCUT2D eigenvalue weighted by molar-refractivity contribution is 5.98. The third kappa shape index (κ3) is 4.57. The van der Waals surface area contributed by atoms with Crippen LogP contribution in [0.1, 0.15) is 37.0 Å². The minimum Gasteiger partial charge on any atom is -0.494 e. The first kappa shape index (κ1) is 14.2. The van der Waals surface area contributed by atoms with Gasteiger partial charge in [0, 0.05) is 24.9 Å². The molecular weight excluding hydrogens is 230 g/mol. The Morgan fingerprint density at radius 2 is 1.78 bits per heavy atom. The van der Waals surface area contributed by atoms with E-state index in [1.807, 2.05) is 13.8 Å². The van der Waals surface area contributed by atoms with Crippen LogP contribution < -0.4 is 10.1 Å². The largest absolute Gasteiger partial charge is 0.494 e. The lowest BCUT2D eigenvalue weighted by Gasteiger charge is -2.05. The van der Waals surface area contributed by atoms with Crippen LogP contribution in [0, 0.1) is 0 Å². The number of carbonyl (C=O) groups excluding carboxylic acids is 2. The van der Waals surface area contributed by atoms with Gasteiger partial charge in [0.2, 0.25) is 5.91 Å². The molecule has 0 aliphatic heterocycles. The summed E-state index contributed by atoms with van der Waals surface area (Å²) >= 11 is 0. The lowest BCUT2D eigenvalue weighted by Crippen LogP contribution is -2.23. The second-order valence-electron chi connectivity index (χ2n) is 3.83. The molecular formula is C14H19NO3. The Labute approximate surface area is 107 Å². The fourth-order valence-electron chi connectivity index (χ4n) is 1.56. The summed E-state index contributed by atoms with van der Waals surface area (Å²) in [7, 11) is 0. The summed E-state index contributed by atoms with van der Waals surface area (Å²) in [5, 5.41) is 2.67. The number of ketones is 1. The average molecular weight is 249 g/mol. The lowest BCUT2D eigenvalue weighted by atomic mass is 10.1. The number of rotatable bonds is 7. The highest BCUT2D eigenvalue weighted by atomic mass is 16.5. The van der Waals surface area contributed by atoms with Gasteiger partial charge in [-0.25, -0.2) is 0 Å². The normalized spacial score (nSPS) is 9.89. The predicted molar refractivity (Wildman–Crippen MR) is 69.9 cm³/mol. The molecule has 1 amide bonds. The Hall–Kier alpha value is -1.84. The van der Waals surface area contributed by atoms with Gasteiger partial charge in [-0.2, -0.15) is 0 Å². The fourth-order valence-corrected chi connectivity index (χ4v) is 1.56. The molecule has 0 saturated heterocycles. The summed E-state index contributed by atoms with van der Waals surface area (Å²) in [5.74, 6) is 0.638. The molecule has 1 rings (SSSR count). The molecule has 0 radical (unpaired) electrons. The topological polar surface area (TPSA) is 55.4 Å². The van der Waals surface area contributed by atoms with E-state index in [0.29, 0.717) is 18.7 Å². The summed E-state index contributed by atoms with van der Waals surface area (Å²) in [6.45, 7) is 4.96. The van der Waals surface area contributed by atoms with E-state index in [1.165, 1.54) is 0 Å². The molecule has 98 valence electrons. The van der Waals surface area contributed by atoms with Gasteiger partial charge in [0.15, 0.2) is 5.78 Å². The van der Waals surface area contributed by atoms with Gasteiger partial charge in [-0.05, 0) is 38.1 Å². The number of hydrogen-bond acceptors (Lipinski definition) is 3. The van der Waals surface area contributed by atoms with Crippen LogP contribution >= 0.6 is 0 Å². The smallest absolute Gasteiger partial charge is 0.220 e. The molecule has 4 heteroatoms. The molecule has 0 heterocycles. The maximum Gasteiger partial charge on any atom is 0.220 e. The van der Waals surface area contributed by atoms with Crippen LogP contribution in [0.3, 0.4) is 0 Å². The van der Waals surface area contributed by atoms with Crippen LogP contribution in [0.4, 0.5) is 0 Å². The van der Waals surface area contributed by atoms with Crippen LogP contribution in [-0.2, 0) is 4.79 Å². The van der Waals surface area contributed by atoms with Gasteiger partial charge in [0.1, 0.15) is 5.75 Å². The zero-order valence-electron chi connectivity index (χ0n) is 10.9. The first-order valence-corrected chi connectivity index (χ1v) is 6.20. The number of hydrogen-bond donors (Lipinski definition) is 1. The van der Waals surface area contributed by atoms with Gasteiger partial charge in [-0.1, -0.05) is 0 Å². The number of carbonyl (C=O) groups is 2. The lowest BCUT2D eigenvalue weighted by molar-refractivity contribution is -0.120. The van der Waals surface area contributed by atoms with Crippen molar-refractivity contribution in [2.24, 2.45) is 0 Å². The van der Waals surface area contributed by atoms with E-state index in [0.717, 1.165) is 5.75 Å². The summed E-state index contributed by atoms with van der Waals surface area (Å²) in [5.41, 5.74) is 0.614. The van der Waals surface area contributed by atoms with Crippen LogP contribution in [0.2, 0.25) is 0 Å². The molecule has 0 unspecified atom stereocenters. The Bertz CT molecular complexity index is 398. The molecule has 0 aliphatic carbocycles. The Morgan fingerprint density at radius 3 is 2.33 bits per heavy atom. The molecule has 0 spiro atoms. The minimum atomic E-state index is -0.0863. The molecule has 1 aromatic rings. The molecule has 0 fully saturated rings. The molecule has 0 aromatic heterocycles. The molecule has 0 atom stereocenters. The van der Waals surface area contributed by atoms with Gasteiger partial charge in [0.25, 0.3) is 0 Å². The number of Topliss-reactive ketones (excluding diaryl/α,β-unsaturated/α-hetero) is 1.